The molecule has 2 heterocycles. The van der Waals surface area contributed by atoms with Crippen LogP contribution in [0.15, 0.2) is 46.5 Å². The summed E-state index contributed by atoms with van der Waals surface area (Å²) < 4.78 is 42.7. The minimum Gasteiger partial charge on any atom is -0.405 e. The second-order valence-electron chi connectivity index (χ2n) is 5.56. The fourth-order valence-corrected chi connectivity index (χ4v) is 3.57. The van der Waals surface area contributed by atoms with Gasteiger partial charge in [-0.05, 0) is 6.07 Å². The number of hydrogen-bond donors (Lipinski definition) is 1. The predicted molar refractivity (Wildman–Crippen MR) is 87.7 cm³/mol. The van der Waals surface area contributed by atoms with Crippen molar-refractivity contribution in [2.45, 2.75) is 24.6 Å². The normalized spacial score (nSPS) is 16.7. The number of rotatable bonds is 4. The van der Waals surface area contributed by atoms with Crippen LogP contribution in [0.1, 0.15) is 5.56 Å². The van der Waals surface area contributed by atoms with Crippen LogP contribution in [-0.2, 0) is 17.9 Å². The molecule has 1 aliphatic rings. The monoisotopic (exact) mass is 385 g/mol. The fourth-order valence-electron chi connectivity index (χ4n) is 2.51. The van der Waals surface area contributed by atoms with E-state index in [1.807, 2.05) is 0 Å². The highest BCUT2D eigenvalue weighted by Gasteiger charge is 2.32. The quantitative estimate of drug-likeness (QED) is 0.817. The molecule has 1 unspecified atom stereocenters. The Morgan fingerprint density at radius 2 is 2.12 bits per heavy atom. The van der Waals surface area contributed by atoms with E-state index >= 15 is 0 Å². The minimum atomic E-state index is -4.81. The molecule has 0 radical (unpaired) electrons. The maximum Gasteiger partial charge on any atom is 0.573 e. The summed E-state index contributed by atoms with van der Waals surface area (Å²) in [4.78, 5) is 28.3. The Morgan fingerprint density at radius 3 is 2.88 bits per heavy atom. The zero-order chi connectivity index (χ0) is 18.7. The van der Waals surface area contributed by atoms with E-state index in [1.165, 1.54) is 46.8 Å². The first-order valence-electron chi connectivity index (χ1n) is 7.63. The van der Waals surface area contributed by atoms with Gasteiger partial charge in [-0.3, -0.25) is 14.2 Å². The Labute approximate surface area is 150 Å². The maximum atomic E-state index is 12.4. The molecule has 0 spiro atoms. The molecule has 2 aromatic rings. The Hall–Kier alpha value is -2.49. The molecule has 26 heavy (non-hydrogen) atoms. The number of para-hydroxylation sites is 1. The van der Waals surface area contributed by atoms with Crippen LogP contribution in [0.25, 0.3) is 0 Å². The van der Waals surface area contributed by atoms with Gasteiger partial charge < -0.3 is 10.1 Å². The minimum absolute atomic E-state index is 0.110. The number of fused-ring (bicyclic) bond motifs is 1. The van der Waals surface area contributed by atoms with E-state index in [9.17, 15) is 22.8 Å². The predicted octanol–water partition coefficient (Wildman–Crippen LogP) is 2.18. The molecular formula is C16H14F3N3O3S. The molecule has 1 aromatic carbocycles. The number of carbonyl (C=O) groups excluding carboxylic acids is 1. The van der Waals surface area contributed by atoms with Gasteiger partial charge in [-0.25, -0.2) is 4.98 Å². The first-order valence-corrected chi connectivity index (χ1v) is 8.62. The van der Waals surface area contributed by atoms with E-state index in [0.717, 1.165) is 0 Å². The van der Waals surface area contributed by atoms with E-state index in [0.29, 0.717) is 10.9 Å². The highest BCUT2D eigenvalue weighted by Crippen LogP contribution is 2.27. The van der Waals surface area contributed by atoms with Gasteiger partial charge in [-0.15, -0.1) is 13.2 Å². The molecule has 0 saturated carbocycles. The lowest BCUT2D eigenvalue weighted by Crippen LogP contribution is -2.39. The van der Waals surface area contributed by atoms with Crippen molar-refractivity contribution < 1.29 is 22.7 Å². The number of ether oxygens (including phenoxy) is 1. The van der Waals surface area contributed by atoms with Crippen LogP contribution in [0.3, 0.4) is 0 Å². The van der Waals surface area contributed by atoms with Crippen molar-refractivity contribution in [2.24, 2.45) is 5.92 Å². The van der Waals surface area contributed by atoms with Crippen molar-refractivity contribution >= 4 is 17.7 Å². The van der Waals surface area contributed by atoms with Gasteiger partial charge in [-0.1, -0.05) is 30.0 Å². The summed E-state index contributed by atoms with van der Waals surface area (Å²) in [7, 11) is 0. The molecule has 10 heteroatoms. The van der Waals surface area contributed by atoms with Gasteiger partial charge in [0.1, 0.15) is 5.75 Å². The van der Waals surface area contributed by atoms with Crippen LogP contribution in [0.4, 0.5) is 13.2 Å². The van der Waals surface area contributed by atoms with Crippen LogP contribution in [-0.4, -0.2) is 27.6 Å². The Bertz CT molecular complexity index is 870. The zero-order valence-electron chi connectivity index (χ0n) is 13.3. The second-order valence-corrected chi connectivity index (χ2v) is 6.54. The summed E-state index contributed by atoms with van der Waals surface area (Å²) >= 11 is 1.29. The third kappa shape index (κ3) is 4.37. The number of nitrogens with one attached hydrogen (secondary N) is 1. The SMILES string of the molecule is O=C(NCc1ccccc1OC(F)(F)F)C1CSc2nccc(=O)n2C1. The summed E-state index contributed by atoms with van der Waals surface area (Å²) in [6.45, 7) is 0.0720. The third-order valence-electron chi connectivity index (χ3n) is 3.74. The first kappa shape index (κ1) is 18.3. The summed E-state index contributed by atoms with van der Waals surface area (Å²) in [5.41, 5.74) is -0.0372. The van der Waals surface area contributed by atoms with Crippen LogP contribution in [0.2, 0.25) is 0 Å². The number of hydrogen-bond acceptors (Lipinski definition) is 5. The van der Waals surface area contributed by atoms with Crippen molar-refractivity contribution in [3.8, 4) is 5.75 Å². The summed E-state index contributed by atoms with van der Waals surface area (Å²) in [5, 5.41) is 3.16. The van der Waals surface area contributed by atoms with Crippen LogP contribution in [0.5, 0.6) is 5.75 Å². The standard InChI is InChI=1S/C16H14F3N3O3S/c17-16(18,19)25-12-4-2-1-3-10(12)7-21-14(24)11-8-22-13(23)5-6-20-15(22)26-9-11/h1-6,11H,7-9H2,(H,21,24). The average molecular weight is 385 g/mol. The van der Waals surface area contributed by atoms with Gasteiger partial charge in [0.25, 0.3) is 5.56 Å². The molecule has 0 fully saturated rings. The number of aromatic nitrogens is 2. The highest BCUT2D eigenvalue weighted by atomic mass is 32.2. The highest BCUT2D eigenvalue weighted by molar-refractivity contribution is 7.99. The van der Waals surface area contributed by atoms with Crippen molar-refractivity contribution in [1.82, 2.24) is 14.9 Å². The summed E-state index contributed by atoms with van der Waals surface area (Å²) in [5.74, 6) is -0.752. The molecule has 0 saturated heterocycles. The van der Waals surface area contributed by atoms with E-state index in [-0.39, 0.29) is 35.9 Å². The summed E-state index contributed by atoms with van der Waals surface area (Å²) in [6, 6.07) is 6.92. The second kappa shape index (κ2) is 7.40. The lowest BCUT2D eigenvalue weighted by atomic mass is 10.1. The fraction of sp³-hybridized carbons (Fsp3) is 0.312. The van der Waals surface area contributed by atoms with Crippen molar-refractivity contribution in [3.05, 3.63) is 52.4 Å². The number of carbonyl (C=O) groups is 1. The molecule has 1 aliphatic heterocycles. The number of amides is 1. The molecule has 1 atom stereocenters. The number of nitrogens with zero attached hydrogens (tertiary/aromatic N) is 2. The lowest BCUT2D eigenvalue weighted by Gasteiger charge is -2.24. The number of thioether (sulfide) groups is 1. The van der Waals surface area contributed by atoms with E-state index in [2.05, 4.69) is 15.0 Å². The van der Waals surface area contributed by atoms with Crippen molar-refractivity contribution in [1.29, 1.82) is 0 Å². The van der Waals surface area contributed by atoms with Crippen LogP contribution in [0, 0.1) is 5.92 Å². The molecule has 0 aliphatic carbocycles. The maximum absolute atomic E-state index is 12.4. The molecule has 0 bridgehead atoms. The molecule has 1 aromatic heterocycles. The molecule has 6 nitrogen and oxygen atoms in total. The lowest BCUT2D eigenvalue weighted by molar-refractivity contribution is -0.274. The van der Waals surface area contributed by atoms with Gasteiger partial charge >= 0.3 is 6.36 Å². The van der Waals surface area contributed by atoms with Gasteiger partial charge in [0.2, 0.25) is 5.91 Å². The molecule has 138 valence electrons. The first-order chi connectivity index (χ1) is 12.3. The average Bonchev–Trinajstić information content (AvgIpc) is 2.59. The number of benzene rings is 1. The summed E-state index contributed by atoms with van der Waals surface area (Å²) in [6.07, 6.45) is -3.39. The Balaban J connectivity index is 1.65. The van der Waals surface area contributed by atoms with Crippen molar-refractivity contribution in [2.75, 3.05) is 5.75 Å². The Kier molecular flexibility index (Phi) is 5.21. The Morgan fingerprint density at radius 1 is 1.35 bits per heavy atom. The molecule has 1 N–H and O–H groups in total. The van der Waals surface area contributed by atoms with Gasteiger partial charge in [-0.2, -0.15) is 0 Å². The van der Waals surface area contributed by atoms with Crippen LogP contribution < -0.4 is 15.6 Å². The topological polar surface area (TPSA) is 73.2 Å². The largest absolute Gasteiger partial charge is 0.573 e. The molecule has 3 rings (SSSR count). The number of alkyl halides is 3. The van der Waals surface area contributed by atoms with Gasteiger partial charge in [0.15, 0.2) is 5.16 Å². The van der Waals surface area contributed by atoms with E-state index in [1.54, 1.807) is 6.07 Å². The van der Waals surface area contributed by atoms with E-state index < -0.39 is 12.3 Å². The molecular weight excluding hydrogens is 371 g/mol. The van der Waals surface area contributed by atoms with Gasteiger partial charge in [0, 0.05) is 36.7 Å². The number of halogens is 3. The van der Waals surface area contributed by atoms with Crippen molar-refractivity contribution in [3.63, 3.8) is 0 Å². The zero-order valence-corrected chi connectivity index (χ0v) is 14.1. The van der Waals surface area contributed by atoms with Crippen LogP contribution >= 0.6 is 11.8 Å². The molecule has 1 amide bonds. The van der Waals surface area contributed by atoms with Gasteiger partial charge in [0.05, 0.1) is 5.92 Å². The third-order valence-corrected chi connectivity index (χ3v) is 4.89. The van der Waals surface area contributed by atoms with E-state index in [4.69, 9.17) is 0 Å². The smallest absolute Gasteiger partial charge is 0.405 e.